The Balaban J connectivity index is 1.46. The Morgan fingerprint density at radius 1 is 1.29 bits per heavy atom. The van der Waals surface area contributed by atoms with Crippen LogP contribution in [0.2, 0.25) is 0 Å². The lowest BCUT2D eigenvalue weighted by Crippen LogP contribution is -2.63. The Kier molecular flexibility index (Phi) is 10.2. The lowest BCUT2D eigenvalue weighted by atomic mass is 9.89. The van der Waals surface area contributed by atoms with E-state index in [4.69, 9.17) is 9.72 Å². The van der Waals surface area contributed by atoms with Crippen molar-refractivity contribution in [3.05, 3.63) is 23.4 Å². The van der Waals surface area contributed by atoms with E-state index in [0.29, 0.717) is 32.7 Å². The summed E-state index contributed by atoms with van der Waals surface area (Å²) in [4.78, 5) is 33.1. The molecule has 3 N–H and O–H groups in total. The van der Waals surface area contributed by atoms with Crippen molar-refractivity contribution >= 4 is 17.8 Å². The second-order valence-electron chi connectivity index (χ2n) is 10.2. The van der Waals surface area contributed by atoms with E-state index in [1.54, 1.807) is 4.90 Å². The number of rotatable bonds is 14. The summed E-state index contributed by atoms with van der Waals surface area (Å²) in [5.74, 6) is 0.0454. The molecule has 0 bridgehead atoms. The first-order valence-electron chi connectivity index (χ1n) is 13.1. The number of ether oxygens (including phenoxy) is 1. The van der Waals surface area contributed by atoms with Crippen LogP contribution in [-0.2, 0) is 22.4 Å². The molecule has 0 aromatic carbocycles. The van der Waals surface area contributed by atoms with Crippen molar-refractivity contribution in [1.29, 1.82) is 0 Å². The Labute approximate surface area is 209 Å². The average Bonchev–Trinajstić information content (AvgIpc) is 2.83. The van der Waals surface area contributed by atoms with Gasteiger partial charge in [0.15, 0.2) is 0 Å². The number of carbonyl (C=O) groups excluding carboxylic acids is 1. The third-order valence-electron chi connectivity index (χ3n) is 7.12. The normalized spacial score (nSPS) is 17.3. The number of aryl methyl sites for hydroxylation is 2. The maximum Gasteiger partial charge on any atom is 0.326 e. The number of nitrogens with zero attached hydrogens (tertiary/aromatic N) is 3. The Hall–Kier alpha value is -2.39. The number of aromatic nitrogens is 1. The molecule has 9 nitrogen and oxygen atoms in total. The summed E-state index contributed by atoms with van der Waals surface area (Å²) < 4.78 is 5.54. The number of carbonyl (C=O) groups is 2. The first-order valence-corrected chi connectivity index (χ1v) is 13.1. The van der Waals surface area contributed by atoms with Crippen molar-refractivity contribution in [2.75, 3.05) is 51.3 Å². The number of unbranched alkanes of at least 4 members (excludes halogenated alkanes) is 1. The summed E-state index contributed by atoms with van der Waals surface area (Å²) in [6.07, 6.45) is 6.48. The van der Waals surface area contributed by atoms with Crippen molar-refractivity contribution in [1.82, 2.24) is 20.1 Å². The fraction of sp³-hybridized carbons (Fsp3) is 0.731. The predicted molar refractivity (Wildman–Crippen MR) is 137 cm³/mol. The molecule has 0 spiro atoms. The molecule has 35 heavy (non-hydrogen) atoms. The number of urea groups is 1. The molecule has 9 heteroatoms. The maximum atomic E-state index is 12.6. The van der Waals surface area contributed by atoms with E-state index in [2.05, 4.69) is 27.7 Å². The minimum absolute atomic E-state index is 0.209. The molecule has 0 radical (unpaired) electrons. The van der Waals surface area contributed by atoms with Crippen molar-refractivity contribution in [3.63, 3.8) is 0 Å². The van der Waals surface area contributed by atoms with Crippen LogP contribution in [0.1, 0.15) is 64.1 Å². The fourth-order valence-electron chi connectivity index (χ4n) is 4.67. The van der Waals surface area contributed by atoms with E-state index in [9.17, 15) is 14.7 Å². The molecule has 1 unspecified atom stereocenters. The van der Waals surface area contributed by atoms with Crippen LogP contribution < -0.4 is 10.6 Å². The quantitative estimate of drug-likeness (QED) is 0.345. The standard InChI is InChI=1S/C26H43N5O4/c1-4-35-19-18-30(15-6-5-9-21-11-10-20-8-7-14-27-23(20)28-21)16-12-22(24(32)33)29-25(34)31-17-13-26(31,2)3/h10-11,22H,4-9,12-19H2,1-3H3,(H,27,28)(H,29,34)(H,32,33). The summed E-state index contributed by atoms with van der Waals surface area (Å²) in [6.45, 7) is 11.1. The molecule has 0 saturated carbocycles. The molecule has 1 saturated heterocycles. The monoisotopic (exact) mass is 489 g/mol. The fourth-order valence-corrected chi connectivity index (χ4v) is 4.67. The molecule has 1 atom stereocenters. The zero-order valence-electron chi connectivity index (χ0n) is 21.6. The minimum Gasteiger partial charge on any atom is -0.480 e. The number of carboxylic acids is 1. The summed E-state index contributed by atoms with van der Waals surface area (Å²) in [6, 6.07) is 3.14. The number of pyridine rings is 1. The van der Waals surface area contributed by atoms with Crippen molar-refractivity contribution in [2.24, 2.45) is 0 Å². The smallest absolute Gasteiger partial charge is 0.326 e. The van der Waals surface area contributed by atoms with Gasteiger partial charge in [-0.2, -0.15) is 0 Å². The lowest BCUT2D eigenvalue weighted by Gasteiger charge is -2.48. The number of fused-ring (bicyclic) bond motifs is 1. The predicted octanol–water partition coefficient (Wildman–Crippen LogP) is 3.14. The van der Waals surface area contributed by atoms with Gasteiger partial charge in [0.25, 0.3) is 0 Å². The van der Waals surface area contributed by atoms with Crippen LogP contribution in [0.15, 0.2) is 12.1 Å². The molecule has 3 rings (SSSR count). The highest BCUT2D eigenvalue weighted by Gasteiger charge is 2.40. The second kappa shape index (κ2) is 13.1. The van der Waals surface area contributed by atoms with Crippen LogP contribution >= 0.6 is 0 Å². The average molecular weight is 490 g/mol. The van der Waals surface area contributed by atoms with Crippen LogP contribution in [-0.4, -0.2) is 89.4 Å². The summed E-state index contributed by atoms with van der Waals surface area (Å²) >= 11 is 0. The van der Waals surface area contributed by atoms with E-state index >= 15 is 0 Å². The van der Waals surface area contributed by atoms with Crippen molar-refractivity contribution in [3.8, 4) is 0 Å². The van der Waals surface area contributed by atoms with Gasteiger partial charge in [0, 0.05) is 44.0 Å². The zero-order chi connectivity index (χ0) is 25.3. The number of carboxylic acid groups (broad SMARTS) is 1. The van der Waals surface area contributed by atoms with Crippen LogP contribution in [0, 0.1) is 0 Å². The molecule has 1 fully saturated rings. The van der Waals surface area contributed by atoms with Gasteiger partial charge in [-0.1, -0.05) is 6.07 Å². The first-order chi connectivity index (χ1) is 16.8. The summed E-state index contributed by atoms with van der Waals surface area (Å²) in [7, 11) is 0. The van der Waals surface area contributed by atoms with Crippen LogP contribution in [0.4, 0.5) is 10.6 Å². The van der Waals surface area contributed by atoms with Crippen LogP contribution in [0.3, 0.4) is 0 Å². The number of likely N-dealkylation sites (tertiary alicyclic amines) is 1. The van der Waals surface area contributed by atoms with Crippen molar-refractivity contribution < 1.29 is 19.4 Å². The minimum atomic E-state index is -0.992. The number of aliphatic carboxylic acids is 1. The van der Waals surface area contributed by atoms with Crippen LogP contribution in [0.5, 0.6) is 0 Å². The Morgan fingerprint density at radius 2 is 2.11 bits per heavy atom. The topological polar surface area (TPSA) is 107 Å². The Bertz CT molecular complexity index is 847. The number of hydrogen-bond donors (Lipinski definition) is 3. The molecule has 196 valence electrons. The third kappa shape index (κ3) is 8.07. The second-order valence-corrected chi connectivity index (χ2v) is 10.2. The molecule has 2 aliphatic rings. The van der Waals surface area contributed by atoms with Crippen LogP contribution in [0.25, 0.3) is 0 Å². The third-order valence-corrected chi connectivity index (χ3v) is 7.12. The number of nitrogens with one attached hydrogen (secondary N) is 2. The highest BCUT2D eigenvalue weighted by molar-refractivity contribution is 5.83. The zero-order valence-corrected chi connectivity index (χ0v) is 21.6. The van der Waals surface area contributed by atoms with Gasteiger partial charge in [-0.15, -0.1) is 0 Å². The van der Waals surface area contributed by atoms with Crippen molar-refractivity contribution in [2.45, 2.75) is 77.3 Å². The maximum absolute atomic E-state index is 12.6. The largest absolute Gasteiger partial charge is 0.480 e. The van der Waals surface area contributed by atoms with Gasteiger partial charge in [0.05, 0.1) is 6.61 Å². The number of hydrogen-bond acceptors (Lipinski definition) is 6. The first kappa shape index (κ1) is 27.2. The molecule has 3 heterocycles. The van der Waals surface area contributed by atoms with Gasteiger partial charge in [0.2, 0.25) is 0 Å². The van der Waals surface area contributed by atoms with Gasteiger partial charge in [-0.25, -0.2) is 14.6 Å². The van der Waals surface area contributed by atoms with Gasteiger partial charge < -0.3 is 30.3 Å². The highest BCUT2D eigenvalue weighted by atomic mass is 16.5. The number of amides is 2. The van der Waals surface area contributed by atoms with Gasteiger partial charge in [-0.05, 0) is 83.9 Å². The highest BCUT2D eigenvalue weighted by Crippen LogP contribution is 2.29. The van der Waals surface area contributed by atoms with Gasteiger partial charge in [-0.3, -0.25) is 0 Å². The molecule has 1 aromatic heterocycles. The molecule has 1 aromatic rings. The van der Waals surface area contributed by atoms with E-state index in [1.165, 1.54) is 5.56 Å². The van der Waals surface area contributed by atoms with E-state index in [0.717, 1.165) is 69.7 Å². The lowest BCUT2D eigenvalue weighted by molar-refractivity contribution is -0.139. The van der Waals surface area contributed by atoms with Gasteiger partial charge >= 0.3 is 12.0 Å². The molecular formula is C26H43N5O4. The summed E-state index contributed by atoms with van der Waals surface area (Å²) in [5.41, 5.74) is 2.21. The van der Waals surface area contributed by atoms with E-state index < -0.39 is 12.0 Å². The van der Waals surface area contributed by atoms with E-state index in [-0.39, 0.29) is 11.6 Å². The molecule has 2 aliphatic heterocycles. The molecule has 0 aliphatic carbocycles. The van der Waals surface area contributed by atoms with Gasteiger partial charge in [0.1, 0.15) is 11.9 Å². The van der Waals surface area contributed by atoms with E-state index in [1.807, 2.05) is 20.8 Å². The molecular weight excluding hydrogens is 446 g/mol. The SMILES string of the molecule is CCOCCN(CCCCc1ccc2c(n1)NCCC2)CCC(NC(=O)N1CCC1(C)C)C(=O)O. The summed E-state index contributed by atoms with van der Waals surface area (Å²) in [5, 5.41) is 15.8. The Morgan fingerprint density at radius 3 is 2.80 bits per heavy atom. The molecule has 2 amide bonds. The number of anilines is 1.